The van der Waals surface area contributed by atoms with Crippen LogP contribution in [0, 0.1) is 6.92 Å². The van der Waals surface area contributed by atoms with E-state index in [2.05, 4.69) is 10.3 Å². The van der Waals surface area contributed by atoms with E-state index in [-0.39, 0.29) is 16.9 Å². The smallest absolute Gasteiger partial charge is 0.278 e. The van der Waals surface area contributed by atoms with Crippen LogP contribution < -0.4 is 5.56 Å². The van der Waals surface area contributed by atoms with Gasteiger partial charge in [-0.25, -0.2) is 4.68 Å². The van der Waals surface area contributed by atoms with E-state index in [1.54, 1.807) is 14.0 Å². The first kappa shape index (κ1) is 16.2. The van der Waals surface area contributed by atoms with Gasteiger partial charge in [0.05, 0.1) is 16.2 Å². The lowest BCUT2D eigenvalue weighted by Gasteiger charge is -2.10. The average molecular weight is 343 g/mol. The van der Waals surface area contributed by atoms with Crippen molar-refractivity contribution in [3.8, 4) is 16.9 Å². The Morgan fingerprint density at radius 2 is 2.04 bits per heavy atom. The molecule has 0 aliphatic heterocycles. The van der Waals surface area contributed by atoms with Crippen molar-refractivity contribution in [2.24, 2.45) is 12.2 Å². The highest BCUT2D eigenvalue weighted by Gasteiger charge is 2.23. The number of hydrogen-bond donors (Lipinski definition) is 1. The normalized spacial score (nSPS) is 11.9. The lowest BCUT2D eigenvalue weighted by atomic mass is 10.0. The van der Waals surface area contributed by atoms with Crippen LogP contribution >= 0.6 is 11.3 Å². The molecule has 0 amide bonds. The zero-order valence-corrected chi connectivity index (χ0v) is 14.6. The number of benzene rings is 1. The molecule has 0 aliphatic rings. The Morgan fingerprint density at radius 3 is 2.75 bits per heavy atom. The van der Waals surface area contributed by atoms with Crippen LogP contribution in [-0.4, -0.2) is 27.7 Å². The van der Waals surface area contributed by atoms with Gasteiger partial charge in [0.2, 0.25) is 0 Å². The van der Waals surface area contributed by atoms with Gasteiger partial charge in [-0.3, -0.25) is 4.79 Å². The minimum Gasteiger partial charge on any atom is -0.505 e. The van der Waals surface area contributed by atoms with Gasteiger partial charge in [0, 0.05) is 22.7 Å². The second kappa shape index (κ2) is 6.09. The number of hydrogen-bond acceptors (Lipinski definition) is 6. The molecule has 0 saturated carbocycles. The Hall–Kier alpha value is -2.67. The van der Waals surface area contributed by atoms with Crippen molar-refractivity contribution in [1.82, 2.24) is 9.78 Å². The molecule has 0 fully saturated rings. The van der Waals surface area contributed by atoms with Crippen molar-refractivity contribution in [3.63, 3.8) is 0 Å². The molecule has 3 aromatic rings. The molecule has 2 heterocycles. The molecule has 0 spiro atoms. The summed E-state index contributed by atoms with van der Waals surface area (Å²) in [6.45, 7) is 3.48. The highest BCUT2D eigenvalue weighted by molar-refractivity contribution is 7.21. The number of aryl methyl sites for hydroxylation is 2. The van der Waals surface area contributed by atoms with Crippen molar-refractivity contribution in [3.05, 3.63) is 45.2 Å². The fourth-order valence-corrected chi connectivity index (χ4v) is 3.86. The Bertz CT molecular complexity index is 1020. The largest absolute Gasteiger partial charge is 0.505 e. The SMILES string of the molecule is CON=C(C)c1sc2ccccc2c1-c1c(O)c(C)nn(C)c1=O. The van der Waals surface area contributed by atoms with Gasteiger partial charge in [0.15, 0.2) is 5.75 Å². The highest BCUT2D eigenvalue weighted by atomic mass is 32.1. The fourth-order valence-electron chi connectivity index (χ4n) is 2.71. The molecule has 0 bridgehead atoms. The Balaban J connectivity index is 2.49. The summed E-state index contributed by atoms with van der Waals surface area (Å²) in [5.74, 6) is -0.104. The molecule has 0 aliphatic carbocycles. The topological polar surface area (TPSA) is 76.7 Å². The summed E-state index contributed by atoms with van der Waals surface area (Å²) in [6.07, 6.45) is 0. The van der Waals surface area contributed by atoms with Gasteiger partial charge in [-0.15, -0.1) is 11.3 Å². The summed E-state index contributed by atoms with van der Waals surface area (Å²) in [6, 6.07) is 7.74. The molecular weight excluding hydrogens is 326 g/mol. The van der Waals surface area contributed by atoms with E-state index in [1.807, 2.05) is 31.2 Å². The van der Waals surface area contributed by atoms with E-state index in [0.717, 1.165) is 15.0 Å². The lowest BCUT2D eigenvalue weighted by Crippen LogP contribution is -2.22. The first-order valence-corrected chi connectivity index (χ1v) is 8.14. The number of oxime groups is 1. The molecule has 0 atom stereocenters. The molecule has 0 radical (unpaired) electrons. The van der Waals surface area contributed by atoms with E-state index in [1.165, 1.54) is 23.1 Å². The molecular formula is C17H17N3O3S. The average Bonchev–Trinajstić information content (AvgIpc) is 2.93. The molecule has 0 saturated heterocycles. The first-order chi connectivity index (χ1) is 11.5. The van der Waals surface area contributed by atoms with E-state index in [9.17, 15) is 9.90 Å². The van der Waals surface area contributed by atoms with Gasteiger partial charge < -0.3 is 9.94 Å². The Morgan fingerprint density at radius 1 is 1.33 bits per heavy atom. The summed E-state index contributed by atoms with van der Waals surface area (Å²) in [5, 5.41) is 19.5. The molecule has 24 heavy (non-hydrogen) atoms. The third-order valence-electron chi connectivity index (χ3n) is 3.79. The van der Waals surface area contributed by atoms with Gasteiger partial charge in [-0.2, -0.15) is 5.10 Å². The fraction of sp³-hybridized carbons (Fsp3) is 0.235. The van der Waals surface area contributed by atoms with Gasteiger partial charge in [-0.1, -0.05) is 23.4 Å². The maximum atomic E-state index is 12.7. The minimum absolute atomic E-state index is 0.104. The number of aromatic nitrogens is 2. The van der Waals surface area contributed by atoms with Gasteiger partial charge in [0.1, 0.15) is 12.8 Å². The maximum Gasteiger partial charge on any atom is 0.278 e. The Labute approximate surface area is 142 Å². The molecule has 2 aromatic heterocycles. The van der Waals surface area contributed by atoms with Crippen molar-refractivity contribution < 1.29 is 9.94 Å². The van der Waals surface area contributed by atoms with Crippen LogP contribution in [0.15, 0.2) is 34.2 Å². The van der Waals surface area contributed by atoms with Crippen LogP contribution in [0.1, 0.15) is 17.5 Å². The van der Waals surface area contributed by atoms with Crippen molar-refractivity contribution in [1.29, 1.82) is 0 Å². The molecule has 3 rings (SSSR count). The van der Waals surface area contributed by atoms with Crippen LogP contribution in [0.5, 0.6) is 5.75 Å². The predicted molar refractivity (Wildman–Crippen MR) is 95.9 cm³/mol. The number of fused-ring (bicyclic) bond motifs is 1. The predicted octanol–water partition coefficient (Wildman–Crippen LogP) is 3.05. The number of aromatic hydroxyl groups is 1. The lowest BCUT2D eigenvalue weighted by molar-refractivity contribution is 0.213. The second-order valence-corrected chi connectivity index (χ2v) is 6.45. The van der Waals surface area contributed by atoms with Crippen LogP contribution in [0.2, 0.25) is 0 Å². The van der Waals surface area contributed by atoms with Crippen molar-refractivity contribution >= 4 is 27.1 Å². The van der Waals surface area contributed by atoms with E-state index in [0.29, 0.717) is 17.0 Å². The number of thiophene rings is 1. The molecule has 7 heteroatoms. The highest BCUT2D eigenvalue weighted by Crippen LogP contribution is 2.41. The van der Waals surface area contributed by atoms with Crippen LogP contribution in [0.3, 0.4) is 0 Å². The third kappa shape index (κ3) is 2.46. The summed E-state index contributed by atoms with van der Waals surface area (Å²) < 4.78 is 2.24. The molecule has 1 aromatic carbocycles. The summed E-state index contributed by atoms with van der Waals surface area (Å²) in [7, 11) is 3.05. The zero-order chi connectivity index (χ0) is 17.4. The molecule has 1 N–H and O–H groups in total. The van der Waals surface area contributed by atoms with Crippen LogP contribution in [0.25, 0.3) is 21.2 Å². The second-order valence-electron chi connectivity index (χ2n) is 5.40. The molecule has 124 valence electrons. The number of nitrogens with zero attached hydrogens (tertiary/aromatic N) is 3. The standard InChI is InChI=1S/C17H17N3O3S/c1-9-15(21)14(17(22)20(3)18-9)13-11-7-5-6-8-12(11)24-16(13)10(2)19-23-4/h5-8,21H,1-4H3. The summed E-state index contributed by atoms with van der Waals surface area (Å²) >= 11 is 1.51. The van der Waals surface area contributed by atoms with Gasteiger partial charge in [-0.05, 0) is 19.9 Å². The van der Waals surface area contributed by atoms with Gasteiger partial charge in [0.25, 0.3) is 5.56 Å². The maximum absolute atomic E-state index is 12.7. The monoisotopic (exact) mass is 343 g/mol. The third-order valence-corrected chi connectivity index (χ3v) is 5.07. The van der Waals surface area contributed by atoms with Crippen LogP contribution in [0.4, 0.5) is 0 Å². The first-order valence-electron chi connectivity index (χ1n) is 7.32. The molecule has 6 nitrogen and oxygen atoms in total. The quantitative estimate of drug-likeness (QED) is 0.586. The summed E-state index contributed by atoms with van der Waals surface area (Å²) in [4.78, 5) is 18.4. The van der Waals surface area contributed by atoms with Crippen molar-refractivity contribution in [2.75, 3.05) is 7.11 Å². The van der Waals surface area contributed by atoms with E-state index in [4.69, 9.17) is 4.84 Å². The van der Waals surface area contributed by atoms with E-state index < -0.39 is 0 Å². The minimum atomic E-state index is -0.354. The van der Waals surface area contributed by atoms with Crippen LogP contribution in [-0.2, 0) is 11.9 Å². The zero-order valence-electron chi connectivity index (χ0n) is 13.8. The Kier molecular flexibility index (Phi) is 4.11. The van der Waals surface area contributed by atoms with Crippen molar-refractivity contribution in [2.45, 2.75) is 13.8 Å². The van der Waals surface area contributed by atoms with E-state index >= 15 is 0 Å². The van der Waals surface area contributed by atoms with Gasteiger partial charge >= 0.3 is 0 Å². The number of rotatable bonds is 3. The summed E-state index contributed by atoms with van der Waals surface area (Å²) in [5.41, 5.74) is 1.59. The molecule has 0 unspecified atom stereocenters.